The molecule has 0 radical (unpaired) electrons. The van der Waals surface area contributed by atoms with Crippen LogP contribution in [0.5, 0.6) is 0 Å². The van der Waals surface area contributed by atoms with Crippen molar-refractivity contribution in [3.63, 3.8) is 0 Å². The maximum atomic E-state index is 11.8. The predicted molar refractivity (Wildman–Crippen MR) is 51.7 cm³/mol. The van der Waals surface area contributed by atoms with Crippen molar-refractivity contribution in [2.45, 2.75) is 39.0 Å². The Morgan fingerprint density at radius 2 is 1.93 bits per heavy atom. The normalized spacial score (nSPS) is 51.1. The number of ketones is 2. The zero-order valence-electron chi connectivity index (χ0n) is 8.58. The summed E-state index contributed by atoms with van der Waals surface area (Å²) >= 11 is 0. The molecule has 0 aromatic rings. The van der Waals surface area contributed by atoms with Gasteiger partial charge in [0, 0.05) is 24.7 Å². The molecular formula is C12H16O2. The van der Waals surface area contributed by atoms with E-state index in [9.17, 15) is 9.59 Å². The summed E-state index contributed by atoms with van der Waals surface area (Å²) < 4.78 is 0. The van der Waals surface area contributed by atoms with Gasteiger partial charge in [0.05, 0.1) is 0 Å². The van der Waals surface area contributed by atoms with Crippen LogP contribution in [0, 0.1) is 23.2 Å². The van der Waals surface area contributed by atoms with Crippen molar-refractivity contribution in [3.8, 4) is 0 Å². The maximum Gasteiger partial charge on any atom is 0.136 e. The lowest BCUT2D eigenvalue weighted by Gasteiger charge is -2.32. The molecule has 76 valence electrons. The quantitative estimate of drug-likeness (QED) is 0.588. The Kier molecular flexibility index (Phi) is 1.52. The van der Waals surface area contributed by atoms with Crippen LogP contribution in [0.2, 0.25) is 0 Å². The Hall–Kier alpha value is -0.660. The second-order valence-corrected chi connectivity index (χ2v) is 5.32. The molecular weight excluding hydrogens is 176 g/mol. The molecule has 0 saturated heterocycles. The van der Waals surface area contributed by atoms with Crippen LogP contribution >= 0.6 is 0 Å². The molecule has 3 fully saturated rings. The van der Waals surface area contributed by atoms with Crippen LogP contribution in [0.1, 0.15) is 39.0 Å². The van der Waals surface area contributed by atoms with Crippen LogP contribution in [-0.2, 0) is 9.59 Å². The summed E-state index contributed by atoms with van der Waals surface area (Å²) in [5.41, 5.74) is 0.119. The first-order valence-corrected chi connectivity index (χ1v) is 5.71. The highest BCUT2D eigenvalue weighted by Crippen LogP contribution is 2.64. The summed E-state index contributed by atoms with van der Waals surface area (Å²) in [6.45, 7) is 2.05. The number of carbonyl (C=O) groups is 2. The lowest BCUT2D eigenvalue weighted by Crippen LogP contribution is -2.32. The van der Waals surface area contributed by atoms with Gasteiger partial charge in [0.2, 0.25) is 0 Å². The largest absolute Gasteiger partial charge is 0.299 e. The van der Waals surface area contributed by atoms with Gasteiger partial charge in [-0.3, -0.25) is 9.59 Å². The molecule has 0 bridgehead atoms. The van der Waals surface area contributed by atoms with Crippen LogP contribution in [0.25, 0.3) is 0 Å². The Morgan fingerprint density at radius 1 is 1.21 bits per heavy atom. The molecule has 4 atom stereocenters. The second kappa shape index (κ2) is 2.47. The van der Waals surface area contributed by atoms with E-state index in [-0.39, 0.29) is 17.3 Å². The number of Topliss-reactive ketones (excluding diaryl/α,β-unsaturated/α-hetero) is 2. The number of hydrogen-bond donors (Lipinski definition) is 0. The van der Waals surface area contributed by atoms with Crippen molar-refractivity contribution in [2.75, 3.05) is 0 Å². The molecule has 2 heteroatoms. The zero-order valence-corrected chi connectivity index (χ0v) is 8.58. The van der Waals surface area contributed by atoms with Crippen LogP contribution in [-0.4, -0.2) is 11.6 Å². The van der Waals surface area contributed by atoms with Gasteiger partial charge in [-0.2, -0.15) is 0 Å². The standard InChI is InChI=1S/C12H16O2/c1-7-10(13)5-8-6-11(14)9-3-2-4-12(7,8)9/h7-9H,2-6H2,1H3/t7?,8-,9-,12-/m0/s1. The number of carbonyl (C=O) groups excluding carboxylic acids is 2. The molecule has 0 amide bonds. The highest BCUT2D eigenvalue weighted by molar-refractivity contribution is 5.93. The minimum atomic E-state index is 0.119. The molecule has 0 N–H and O–H groups in total. The minimum absolute atomic E-state index is 0.119. The molecule has 3 aliphatic carbocycles. The van der Waals surface area contributed by atoms with Crippen LogP contribution in [0.3, 0.4) is 0 Å². The van der Waals surface area contributed by atoms with Crippen molar-refractivity contribution >= 4 is 11.6 Å². The van der Waals surface area contributed by atoms with E-state index in [0.29, 0.717) is 30.3 Å². The van der Waals surface area contributed by atoms with Gasteiger partial charge in [0.25, 0.3) is 0 Å². The van der Waals surface area contributed by atoms with E-state index in [0.717, 1.165) is 19.3 Å². The summed E-state index contributed by atoms with van der Waals surface area (Å²) in [4.78, 5) is 23.5. The summed E-state index contributed by atoms with van der Waals surface area (Å²) in [7, 11) is 0. The third-order valence-corrected chi connectivity index (χ3v) is 5.08. The molecule has 1 spiro atoms. The van der Waals surface area contributed by atoms with Crippen molar-refractivity contribution in [1.82, 2.24) is 0 Å². The predicted octanol–water partition coefficient (Wildman–Crippen LogP) is 1.97. The van der Waals surface area contributed by atoms with E-state index >= 15 is 0 Å². The van der Waals surface area contributed by atoms with Gasteiger partial charge in [0.15, 0.2) is 0 Å². The SMILES string of the molecule is CC1C(=O)C[C@H]2CC(=O)[C@@H]3CCC[C@]123. The summed E-state index contributed by atoms with van der Waals surface area (Å²) in [6, 6.07) is 0. The van der Waals surface area contributed by atoms with Gasteiger partial charge >= 0.3 is 0 Å². The van der Waals surface area contributed by atoms with Crippen molar-refractivity contribution in [1.29, 1.82) is 0 Å². The van der Waals surface area contributed by atoms with E-state index in [1.54, 1.807) is 0 Å². The highest BCUT2D eigenvalue weighted by atomic mass is 16.1. The second-order valence-electron chi connectivity index (χ2n) is 5.32. The first-order valence-electron chi connectivity index (χ1n) is 5.71. The van der Waals surface area contributed by atoms with Gasteiger partial charge in [-0.1, -0.05) is 13.3 Å². The highest BCUT2D eigenvalue weighted by Gasteiger charge is 2.64. The zero-order chi connectivity index (χ0) is 9.92. The van der Waals surface area contributed by atoms with Crippen molar-refractivity contribution in [2.24, 2.45) is 23.2 Å². The molecule has 2 nitrogen and oxygen atoms in total. The van der Waals surface area contributed by atoms with Gasteiger partial charge in [-0.05, 0) is 24.2 Å². The first kappa shape index (κ1) is 8.63. The van der Waals surface area contributed by atoms with E-state index in [4.69, 9.17) is 0 Å². The Labute approximate surface area is 84.1 Å². The van der Waals surface area contributed by atoms with E-state index in [1.165, 1.54) is 0 Å². The lowest BCUT2D eigenvalue weighted by molar-refractivity contribution is -0.125. The summed E-state index contributed by atoms with van der Waals surface area (Å²) in [5, 5.41) is 0. The third kappa shape index (κ3) is 0.745. The van der Waals surface area contributed by atoms with Gasteiger partial charge in [-0.15, -0.1) is 0 Å². The lowest BCUT2D eigenvalue weighted by atomic mass is 9.70. The average Bonchev–Trinajstić information content (AvgIpc) is 2.73. The fourth-order valence-electron chi connectivity index (χ4n) is 4.43. The Balaban J connectivity index is 2.09. The third-order valence-electron chi connectivity index (χ3n) is 5.08. The fraction of sp³-hybridized carbons (Fsp3) is 0.833. The van der Waals surface area contributed by atoms with Crippen LogP contribution in [0.4, 0.5) is 0 Å². The van der Waals surface area contributed by atoms with Crippen LogP contribution in [0.15, 0.2) is 0 Å². The minimum Gasteiger partial charge on any atom is -0.299 e. The van der Waals surface area contributed by atoms with Crippen LogP contribution < -0.4 is 0 Å². The molecule has 3 aliphatic rings. The number of rotatable bonds is 0. The Bertz CT molecular complexity index is 318. The van der Waals surface area contributed by atoms with Crippen molar-refractivity contribution in [3.05, 3.63) is 0 Å². The molecule has 0 heterocycles. The van der Waals surface area contributed by atoms with Crippen molar-refractivity contribution < 1.29 is 9.59 Å². The van der Waals surface area contributed by atoms with Gasteiger partial charge in [-0.25, -0.2) is 0 Å². The fourth-order valence-corrected chi connectivity index (χ4v) is 4.43. The Morgan fingerprint density at radius 3 is 2.71 bits per heavy atom. The van der Waals surface area contributed by atoms with Gasteiger partial charge < -0.3 is 0 Å². The maximum absolute atomic E-state index is 11.8. The molecule has 3 saturated carbocycles. The smallest absolute Gasteiger partial charge is 0.136 e. The molecule has 3 rings (SSSR count). The van der Waals surface area contributed by atoms with E-state index in [1.807, 2.05) is 0 Å². The van der Waals surface area contributed by atoms with E-state index in [2.05, 4.69) is 6.92 Å². The molecule has 0 aromatic carbocycles. The molecule has 0 aliphatic heterocycles. The van der Waals surface area contributed by atoms with Gasteiger partial charge in [0.1, 0.15) is 11.6 Å². The van der Waals surface area contributed by atoms with E-state index < -0.39 is 0 Å². The summed E-state index contributed by atoms with van der Waals surface area (Å²) in [6.07, 6.45) is 4.71. The molecule has 0 aromatic heterocycles. The monoisotopic (exact) mass is 192 g/mol. The number of hydrogen-bond acceptors (Lipinski definition) is 2. The first-order chi connectivity index (χ1) is 6.66. The average molecular weight is 192 g/mol. The summed E-state index contributed by atoms with van der Waals surface area (Å²) in [5.74, 6) is 1.67. The topological polar surface area (TPSA) is 34.1 Å². The molecule has 14 heavy (non-hydrogen) atoms. The molecule has 1 unspecified atom stereocenters.